The molecule has 0 aromatic rings. The first-order valence-corrected chi connectivity index (χ1v) is 6.21. The quantitative estimate of drug-likeness (QED) is 0.696. The highest BCUT2D eigenvalue weighted by atomic mass is 32.2. The van der Waals surface area contributed by atoms with Crippen molar-refractivity contribution in [1.82, 2.24) is 5.32 Å². The van der Waals surface area contributed by atoms with Crippen LogP contribution in [0.3, 0.4) is 0 Å². The Morgan fingerprint density at radius 2 is 1.93 bits per heavy atom. The van der Waals surface area contributed by atoms with Crippen LogP contribution in [0.4, 0.5) is 0 Å². The minimum Gasteiger partial charge on any atom is -0.481 e. The van der Waals surface area contributed by atoms with Crippen LogP contribution in [0.15, 0.2) is 0 Å². The Balaban J connectivity index is 3.76. The molecule has 0 fully saturated rings. The number of hydrogen-bond acceptors (Lipinski definition) is 3. The Labute approximate surface area is 94.8 Å². The highest BCUT2D eigenvalue weighted by Crippen LogP contribution is 2.06. The largest absolute Gasteiger partial charge is 0.481 e. The van der Waals surface area contributed by atoms with Crippen LogP contribution in [0.2, 0.25) is 0 Å². The fraction of sp³-hybridized carbons (Fsp3) is 0.800. The standard InChI is InChI=1S/C10H19NO3S/c1-4-8(7(2)3)11-9(12)5-15-6-10(13)14/h7-8H,4-6H2,1-3H3,(H,11,12)(H,13,14). The average Bonchev–Trinajstić information content (AvgIpc) is 2.13. The van der Waals surface area contributed by atoms with E-state index in [1.807, 2.05) is 6.92 Å². The lowest BCUT2D eigenvalue weighted by atomic mass is 10.0. The number of carbonyl (C=O) groups is 2. The van der Waals surface area contributed by atoms with Gasteiger partial charge in [-0.2, -0.15) is 0 Å². The second-order valence-electron chi connectivity index (χ2n) is 3.71. The van der Waals surface area contributed by atoms with Gasteiger partial charge < -0.3 is 10.4 Å². The average molecular weight is 233 g/mol. The number of carbonyl (C=O) groups excluding carboxylic acids is 1. The summed E-state index contributed by atoms with van der Waals surface area (Å²) in [5.41, 5.74) is 0. The van der Waals surface area contributed by atoms with Gasteiger partial charge in [0.25, 0.3) is 0 Å². The summed E-state index contributed by atoms with van der Waals surface area (Å²) < 4.78 is 0. The summed E-state index contributed by atoms with van der Waals surface area (Å²) in [5.74, 6) is -0.365. The predicted molar refractivity (Wildman–Crippen MR) is 62.0 cm³/mol. The van der Waals surface area contributed by atoms with Gasteiger partial charge in [0, 0.05) is 6.04 Å². The molecular weight excluding hydrogens is 214 g/mol. The molecular formula is C10H19NO3S. The van der Waals surface area contributed by atoms with E-state index in [0.29, 0.717) is 5.92 Å². The summed E-state index contributed by atoms with van der Waals surface area (Å²) >= 11 is 1.12. The number of carboxylic acids is 1. The van der Waals surface area contributed by atoms with Gasteiger partial charge >= 0.3 is 5.97 Å². The summed E-state index contributed by atoms with van der Waals surface area (Å²) in [4.78, 5) is 21.6. The Bertz CT molecular complexity index is 219. The molecule has 1 unspecified atom stereocenters. The third-order valence-corrected chi connectivity index (χ3v) is 2.97. The van der Waals surface area contributed by atoms with E-state index < -0.39 is 5.97 Å². The molecule has 0 radical (unpaired) electrons. The summed E-state index contributed by atoms with van der Waals surface area (Å²) in [6, 6.07) is 0.183. The third kappa shape index (κ3) is 7.25. The second-order valence-corrected chi connectivity index (χ2v) is 4.70. The Morgan fingerprint density at radius 3 is 2.33 bits per heavy atom. The van der Waals surface area contributed by atoms with Crippen molar-refractivity contribution in [3.8, 4) is 0 Å². The van der Waals surface area contributed by atoms with Crippen LogP contribution in [0.1, 0.15) is 27.2 Å². The molecule has 1 amide bonds. The smallest absolute Gasteiger partial charge is 0.313 e. The summed E-state index contributed by atoms with van der Waals surface area (Å²) in [6.07, 6.45) is 0.896. The van der Waals surface area contributed by atoms with Crippen molar-refractivity contribution < 1.29 is 14.7 Å². The highest BCUT2D eigenvalue weighted by molar-refractivity contribution is 8.00. The normalized spacial score (nSPS) is 12.5. The molecule has 0 aliphatic heterocycles. The zero-order chi connectivity index (χ0) is 11.8. The van der Waals surface area contributed by atoms with Crippen molar-refractivity contribution in [2.75, 3.05) is 11.5 Å². The van der Waals surface area contributed by atoms with Gasteiger partial charge in [0.15, 0.2) is 0 Å². The molecule has 0 bridgehead atoms. The first-order valence-electron chi connectivity index (χ1n) is 5.06. The Kier molecular flexibility index (Phi) is 7.21. The van der Waals surface area contributed by atoms with Crippen molar-refractivity contribution in [3.05, 3.63) is 0 Å². The summed E-state index contributed by atoms with van der Waals surface area (Å²) in [7, 11) is 0. The van der Waals surface area contributed by atoms with Crippen molar-refractivity contribution in [2.45, 2.75) is 33.2 Å². The van der Waals surface area contributed by atoms with E-state index in [1.165, 1.54) is 0 Å². The maximum atomic E-state index is 11.4. The Hall–Kier alpha value is -0.710. The summed E-state index contributed by atoms with van der Waals surface area (Å²) in [5, 5.41) is 11.3. The van der Waals surface area contributed by atoms with E-state index in [9.17, 15) is 9.59 Å². The van der Waals surface area contributed by atoms with Crippen LogP contribution in [0.25, 0.3) is 0 Å². The van der Waals surface area contributed by atoms with Crippen LogP contribution in [-0.2, 0) is 9.59 Å². The molecule has 0 saturated carbocycles. The molecule has 0 aliphatic carbocycles. The number of thioether (sulfide) groups is 1. The monoisotopic (exact) mass is 233 g/mol. The third-order valence-electron chi connectivity index (χ3n) is 2.05. The molecule has 0 spiro atoms. The van der Waals surface area contributed by atoms with Gasteiger partial charge in [-0.25, -0.2) is 0 Å². The SMILES string of the molecule is CCC(NC(=O)CSCC(=O)O)C(C)C. The highest BCUT2D eigenvalue weighted by Gasteiger charge is 2.13. The molecule has 5 heteroatoms. The first-order chi connectivity index (χ1) is 6.97. The molecule has 15 heavy (non-hydrogen) atoms. The van der Waals surface area contributed by atoms with Gasteiger partial charge in [0.05, 0.1) is 11.5 Å². The van der Waals surface area contributed by atoms with Crippen LogP contribution in [-0.4, -0.2) is 34.5 Å². The van der Waals surface area contributed by atoms with Crippen molar-refractivity contribution in [2.24, 2.45) is 5.92 Å². The van der Waals surface area contributed by atoms with Gasteiger partial charge in [0.2, 0.25) is 5.91 Å². The minimum absolute atomic E-state index is 0.0219. The number of rotatable bonds is 7. The van der Waals surface area contributed by atoms with Gasteiger partial charge in [0.1, 0.15) is 0 Å². The van der Waals surface area contributed by atoms with E-state index in [2.05, 4.69) is 19.2 Å². The first kappa shape index (κ1) is 14.3. The molecule has 4 nitrogen and oxygen atoms in total. The van der Waals surface area contributed by atoms with E-state index in [4.69, 9.17) is 5.11 Å². The lowest BCUT2D eigenvalue weighted by Gasteiger charge is -2.20. The van der Waals surface area contributed by atoms with Crippen molar-refractivity contribution in [1.29, 1.82) is 0 Å². The molecule has 88 valence electrons. The fourth-order valence-corrected chi connectivity index (χ4v) is 1.77. The molecule has 0 aromatic heterocycles. The van der Waals surface area contributed by atoms with Crippen LogP contribution < -0.4 is 5.32 Å². The molecule has 0 heterocycles. The summed E-state index contributed by atoms with van der Waals surface area (Å²) in [6.45, 7) is 6.13. The maximum Gasteiger partial charge on any atom is 0.313 e. The van der Waals surface area contributed by atoms with Crippen molar-refractivity contribution in [3.63, 3.8) is 0 Å². The molecule has 0 aliphatic rings. The second kappa shape index (κ2) is 7.56. The van der Waals surface area contributed by atoms with E-state index in [-0.39, 0.29) is 23.5 Å². The Morgan fingerprint density at radius 1 is 1.33 bits per heavy atom. The number of carboxylic acid groups (broad SMARTS) is 1. The number of nitrogens with one attached hydrogen (secondary N) is 1. The zero-order valence-electron chi connectivity index (χ0n) is 9.45. The van der Waals surface area contributed by atoms with E-state index in [1.54, 1.807) is 0 Å². The van der Waals surface area contributed by atoms with Gasteiger partial charge in [-0.1, -0.05) is 20.8 Å². The van der Waals surface area contributed by atoms with E-state index >= 15 is 0 Å². The molecule has 0 saturated heterocycles. The zero-order valence-corrected chi connectivity index (χ0v) is 10.3. The molecule has 2 N–H and O–H groups in total. The molecule has 1 atom stereocenters. The van der Waals surface area contributed by atoms with Crippen LogP contribution in [0, 0.1) is 5.92 Å². The molecule has 0 aromatic carbocycles. The van der Waals surface area contributed by atoms with Crippen LogP contribution >= 0.6 is 11.8 Å². The number of amides is 1. The molecule has 0 rings (SSSR count). The van der Waals surface area contributed by atoms with Crippen molar-refractivity contribution >= 4 is 23.6 Å². The predicted octanol–water partition coefficient (Wildman–Crippen LogP) is 1.35. The van der Waals surface area contributed by atoms with E-state index in [0.717, 1.165) is 18.2 Å². The lowest BCUT2D eigenvalue weighted by Crippen LogP contribution is -2.39. The lowest BCUT2D eigenvalue weighted by molar-refractivity contribution is -0.133. The minimum atomic E-state index is -0.885. The van der Waals surface area contributed by atoms with Crippen LogP contribution in [0.5, 0.6) is 0 Å². The van der Waals surface area contributed by atoms with Gasteiger partial charge in [-0.3, -0.25) is 9.59 Å². The topological polar surface area (TPSA) is 66.4 Å². The van der Waals surface area contributed by atoms with Gasteiger partial charge in [-0.15, -0.1) is 11.8 Å². The number of aliphatic carboxylic acids is 1. The fourth-order valence-electron chi connectivity index (χ4n) is 1.22. The maximum absolute atomic E-state index is 11.4. The number of hydrogen-bond donors (Lipinski definition) is 2. The van der Waals surface area contributed by atoms with Gasteiger partial charge in [-0.05, 0) is 12.3 Å².